The van der Waals surface area contributed by atoms with E-state index in [-0.39, 0.29) is 21.9 Å². The summed E-state index contributed by atoms with van der Waals surface area (Å²) in [6, 6.07) is 7.20. The van der Waals surface area contributed by atoms with Gasteiger partial charge in [-0.2, -0.15) is 15.3 Å². The largest absolute Gasteiger partial charge is 0.274 e. The Morgan fingerprint density at radius 2 is 1.71 bits per heavy atom. The summed E-state index contributed by atoms with van der Waals surface area (Å²) in [6.45, 7) is 0.273. The number of hydrogen-bond donors (Lipinski definition) is 0. The Morgan fingerprint density at radius 3 is 2.48 bits per heavy atom. The van der Waals surface area contributed by atoms with E-state index >= 15 is 0 Å². The average molecular weight is 436 g/mol. The highest BCUT2D eigenvalue weighted by Crippen LogP contribution is 2.35. The highest BCUT2D eigenvalue weighted by atomic mass is 32.2. The molecule has 0 radical (unpaired) electrons. The van der Waals surface area contributed by atoms with Gasteiger partial charge in [-0.05, 0) is 49.9 Å². The van der Waals surface area contributed by atoms with Gasteiger partial charge in [0.2, 0.25) is 9.84 Å². The van der Waals surface area contributed by atoms with E-state index in [9.17, 15) is 13.2 Å². The molecule has 0 unspecified atom stereocenters. The van der Waals surface area contributed by atoms with Crippen molar-refractivity contribution in [1.82, 2.24) is 29.3 Å². The van der Waals surface area contributed by atoms with E-state index < -0.39 is 9.84 Å². The molecule has 158 valence electrons. The first-order chi connectivity index (χ1) is 15.0. The lowest BCUT2D eigenvalue weighted by molar-refractivity contribution is 0.592. The van der Waals surface area contributed by atoms with Crippen molar-refractivity contribution in [2.24, 2.45) is 0 Å². The van der Waals surface area contributed by atoms with Crippen LogP contribution in [0.2, 0.25) is 0 Å². The predicted octanol–water partition coefficient (Wildman–Crippen LogP) is 2.34. The molecule has 0 aliphatic heterocycles. The molecule has 9 nitrogen and oxygen atoms in total. The quantitative estimate of drug-likeness (QED) is 0.459. The van der Waals surface area contributed by atoms with Crippen LogP contribution in [0.4, 0.5) is 0 Å². The van der Waals surface area contributed by atoms with Crippen LogP contribution < -0.4 is 5.56 Å². The molecule has 2 aliphatic rings. The number of aromatic nitrogens is 6. The third-order valence-electron chi connectivity index (χ3n) is 5.84. The van der Waals surface area contributed by atoms with Crippen LogP contribution in [0.15, 0.2) is 63.6 Å². The summed E-state index contributed by atoms with van der Waals surface area (Å²) in [4.78, 5) is 13.2. The second-order valence-corrected chi connectivity index (χ2v) is 10.2. The monoisotopic (exact) mass is 436 g/mol. The Bertz CT molecular complexity index is 1470. The van der Waals surface area contributed by atoms with E-state index in [2.05, 4.69) is 15.3 Å². The fraction of sp³-hybridized carbons (Fsp3) is 0.333. The lowest BCUT2D eigenvalue weighted by Gasteiger charge is -2.07. The minimum Gasteiger partial charge on any atom is -0.269 e. The molecular weight excluding hydrogens is 416 g/mol. The van der Waals surface area contributed by atoms with E-state index in [1.54, 1.807) is 16.9 Å². The zero-order valence-corrected chi connectivity index (χ0v) is 17.4. The van der Waals surface area contributed by atoms with Gasteiger partial charge in [-0.1, -0.05) is 0 Å². The van der Waals surface area contributed by atoms with E-state index in [0.29, 0.717) is 22.9 Å². The van der Waals surface area contributed by atoms with Gasteiger partial charge in [-0.3, -0.25) is 14.2 Å². The molecule has 3 heterocycles. The molecule has 4 aromatic rings. The maximum absolute atomic E-state index is 13.0. The molecule has 10 heteroatoms. The third kappa shape index (κ3) is 3.27. The molecule has 31 heavy (non-hydrogen) atoms. The normalized spacial score (nSPS) is 16.8. The van der Waals surface area contributed by atoms with E-state index in [0.717, 1.165) is 31.4 Å². The van der Waals surface area contributed by atoms with Crippen molar-refractivity contribution in [2.75, 3.05) is 0 Å². The smallest absolute Gasteiger partial charge is 0.269 e. The van der Waals surface area contributed by atoms with Crippen LogP contribution in [0, 0.1) is 0 Å². The summed E-state index contributed by atoms with van der Waals surface area (Å²) in [5.74, 6) is 0. The topological polar surface area (TPSA) is 105 Å². The second kappa shape index (κ2) is 6.61. The molecule has 6 rings (SSSR count). The number of nitrogens with zero attached hydrogens (tertiary/aromatic N) is 6. The summed E-state index contributed by atoms with van der Waals surface area (Å²) in [5.41, 5.74) is 0.497. The van der Waals surface area contributed by atoms with Crippen molar-refractivity contribution < 1.29 is 8.42 Å². The van der Waals surface area contributed by atoms with Crippen LogP contribution in [-0.4, -0.2) is 37.8 Å². The predicted molar refractivity (Wildman–Crippen MR) is 112 cm³/mol. The van der Waals surface area contributed by atoms with Gasteiger partial charge in [-0.15, -0.1) is 0 Å². The molecule has 0 bridgehead atoms. The zero-order valence-electron chi connectivity index (χ0n) is 16.6. The minimum atomic E-state index is -3.72. The van der Waals surface area contributed by atoms with Gasteiger partial charge in [-0.25, -0.2) is 13.1 Å². The van der Waals surface area contributed by atoms with Crippen molar-refractivity contribution in [1.29, 1.82) is 0 Å². The molecule has 0 spiro atoms. The first-order valence-electron chi connectivity index (χ1n) is 10.3. The van der Waals surface area contributed by atoms with Crippen LogP contribution in [0.25, 0.3) is 10.8 Å². The van der Waals surface area contributed by atoms with Crippen molar-refractivity contribution in [2.45, 2.75) is 54.1 Å². The second-order valence-electron chi connectivity index (χ2n) is 8.27. The van der Waals surface area contributed by atoms with Gasteiger partial charge in [0.1, 0.15) is 4.90 Å². The molecule has 2 saturated carbocycles. The Labute approximate surface area is 177 Å². The van der Waals surface area contributed by atoms with Crippen molar-refractivity contribution in [3.05, 3.63) is 65.1 Å². The number of sulfone groups is 1. The Kier molecular flexibility index (Phi) is 3.95. The van der Waals surface area contributed by atoms with Crippen LogP contribution in [-0.2, 0) is 16.4 Å². The van der Waals surface area contributed by atoms with Crippen molar-refractivity contribution >= 4 is 20.6 Å². The van der Waals surface area contributed by atoms with Crippen LogP contribution in [0.3, 0.4) is 0 Å². The highest BCUT2D eigenvalue weighted by molar-refractivity contribution is 7.91. The number of rotatable bonds is 6. The third-order valence-corrected chi connectivity index (χ3v) is 7.55. The van der Waals surface area contributed by atoms with Crippen LogP contribution >= 0.6 is 0 Å². The van der Waals surface area contributed by atoms with Gasteiger partial charge in [0.15, 0.2) is 0 Å². The number of hydrogen-bond acceptors (Lipinski definition) is 6. The molecular formula is C21H20N6O3S. The SMILES string of the molecule is O=c1c2ccc(S(=O)(=O)c3cnn(C4CC4)c3)cc2cnn1Cc1ccn(C2CC2)n1. The average Bonchev–Trinajstić information content (AvgIpc) is 3.70. The van der Waals surface area contributed by atoms with Gasteiger partial charge in [0.25, 0.3) is 5.56 Å². The lowest BCUT2D eigenvalue weighted by Crippen LogP contribution is -2.23. The minimum absolute atomic E-state index is 0.123. The molecule has 1 aromatic carbocycles. The fourth-order valence-electron chi connectivity index (χ4n) is 3.74. The van der Waals surface area contributed by atoms with Gasteiger partial charge in [0, 0.05) is 17.8 Å². The van der Waals surface area contributed by atoms with Crippen molar-refractivity contribution in [3.8, 4) is 0 Å². The molecule has 0 N–H and O–H groups in total. The molecule has 0 saturated heterocycles. The molecule has 2 aliphatic carbocycles. The summed E-state index contributed by atoms with van der Waals surface area (Å²) >= 11 is 0. The van der Waals surface area contributed by atoms with Crippen LogP contribution in [0.5, 0.6) is 0 Å². The Hall–Kier alpha value is -3.27. The maximum Gasteiger partial charge on any atom is 0.274 e. The maximum atomic E-state index is 13.0. The van der Waals surface area contributed by atoms with E-state index in [1.165, 1.54) is 29.2 Å². The summed E-state index contributed by atoms with van der Waals surface area (Å²) < 4.78 is 31.0. The zero-order chi connectivity index (χ0) is 21.2. The molecule has 0 amide bonds. The molecule has 2 fully saturated rings. The van der Waals surface area contributed by atoms with Gasteiger partial charge in [0.05, 0.1) is 47.0 Å². The van der Waals surface area contributed by atoms with Gasteiger partial charge < -0.3 is 0 Å². The Morgan fingerprint density at radius 1 is 0.935 bits per heavy atom. The fourth-order valence-corrected chi connectivity index (χ4v) is 4.97. The van der Waals surface area contributed by atoms with E-state index in [4.69, 9.17) is 0 Å². The van der Waals surface area contributed by atoms with Crippen molar-refractivity contribution in [3.63, 3.8) is 0 Å². The van der Waals surface area contributed by atoms with Gasteiger partial charge >= 0.3 is 0 Å². The highest BCUT2D eigenvalue weighted by Gasteiger charge is 2.27. The Balaban J connectivity index is 1.32. The van der Waals surface area contributed by atoms with Crippen LogP contribution in [0.1, 0.15) is 43.5 Å². The van der Waals surface area contributed by atoms with E-state index in [1.807, 2.05) is 16.9 Å². The standard InChI is InChI=1S/C21H20N6O3S/c28-21-20-6-5-18(31(29,30)19-11-23-26(13-19)17-3-4-17)9-14(20)10-22-27(21)12-15-7-8-25(24-15)16-1-2-16/h5-11,13,16-17H,1-4,12H2. The number of benzene rings is 1. The summed E-state index contributed by atoms with van der Waals surface area (Å²) in [5, 5.41) is 13.8. The first-order valence-corrected chi connectivity index (χ1v) is 11.8. The first kappa shape index (κ1) is 18.5. The summed E-state index contributed by atoms with van der Waals surface area (Å²) in [7, 11) is -3.72. The molecule has 3 aromatic heterocycles. The lowest BCUT2D eigenvalue weighted by atomic mass is 10.2. The number of fused-ring (bicyclic) bond motifs is 1. The molecule has 0 atom stereocenters. The summed E-state index contributed by atoms with van der Waals surface area (Å²) in [6.07, 6.45) is 10.8.